The Balaban J connectivity index is 1.82. The highest BCUT2D eigenvalue weighted by Crippen LogP contribution is 2.27. The molecule has 0 bridgehead atoms. The first-order valence-electron chi connectivity index (χ1n) is 6.64. The van der Waals surface area contributed by atoms with Crippen molar-refractivity contribution < 1.29 is 14.5 Å². The van der Waals surface area contributed by atoms with Crippen LogP contribution in [0.2, 0.25) is 5.02 Å². The molecule has 0 aliphatic rings. The van der Waals surface area contributed by atoms with Gasteiger partial charge in [-0.1, -0.05) is 11.6 Å². The predicted molar refractivity (Wildman–Crippen MR) is 93.1 cm³/mol. The van der Waals surface area contributed by atoms with E-state index < -0.39 is 10.8 Å². The number of halogens is 1. The zero-order valence-corrected chi connectivity index (χ0v) is 14.0. The standard InChI is InChI=1S/C13H11ClN6O4S/c14-8-1-2-9(10(5-8)20(22)23)17-13(25)19-18-11(21)7-24-12-6-15-3-4-16-12/h1-6H,7H2,(H,18,21)(H2,17,19,25). The molecule has 25 heavy (non-hydrogen) atoms. The van der Waals surface area contributed by atoms with Gasteiger partial charge in [0.1, 0.15) is 5.69 Å². The molecule has 0 atom stereocenters. The van der Waals surface area contributed by atoms with Crippen molar-refractivity contribution in [3.8, 4) is 5.88 Å². The van der Waals surface area contributed by atoms with Crippen molar-refractivity contribution in [3.63, 3.8) is 0 Å². The molecule has 0 saturated heterocycles. The van der Waals surface area contributed by atoms with Gasteiger partial charge in [-0.3, -0.25) is 30.7 Å². The van der Waals surface area contributed by atoms with Crippen molar-refractivity contribution in [2.24, 2.45) is 0 Å². The number of nitrogens with zero attached hydrogens (tertiary/aromatic N) is 3. The van der Waals surface area contributed by atoms with Gasteiger partial charge in [-0.25, -0.2) is 4.98 Å². The second-order valence-corrected chi connectivity index (χ2v) is 5.22. The monoisotopic (exact) mass is 382 g/mol. The highest BCUT2D eigenvalue weighted by molar-refractivity contribution is 7.80. The minimum atomic E-state index is -0.607. The second kappa shape index (κ2) is 8.70. The van der Waals surface area contributed by atoms with Gasteiger partial charge in [0, 0.05) is 23.5 Å². The van der Waals surface area contributed by atoms with Crippen molar-refractivity contribution in [3.05, 3.63) is 51.9 Å². The fraction of sp³-hybridized carbons (Fsp3) is 0.0769. The summed E-state index contributed by atoms with van der Waals surface area (Å²) in [4.78, 5) is 29.6. The van der Waals surface area contributed by atoms with Crippen LogP contribution in [-0.2, 0) is 4.79 Å². The van der Waals surface area contributed by atoms with Gasteiger partial charge in [0.2, 0.25) is 5.88 Å². The average Bonchev–Trinajstić information content (AvgIpc) is 2.60. The molecule has 2 aromatic rings. The Labute approximate surface area is 151 Å². The maximum Gasteiger partial charge on any atom is 0.294 e. The molecule has 0 unspecified atom stereocenters. The molecule has 1 aromatic carbocycles. The van der Waals surface area contributed by atoms with Crippen LogP contribution in [0.3, 0.4) is 0 Å². The number of carbonyl (C=O) groups excluding carboxylic acids is 1. The molecule has 0 spiro atoms. The van der Waals surface area contributed by atoms with E-state index in [1.54, 1.807) is 0 Å². The second-order valence-electron chi connectivity index (χ2n) is 4.38. The summed E-state index contributed by atoms with van der Waals surface area (Å²) in [6, 6.07) is 4.04. The zero-order chi connectivity index (χ0) is 18.2. The third kappa shape index (κ3) is 5.82. The Morgan fingerprint density at radius 1 is 1.36 bits per heavy atom. The number of hydrogen-bond donors (Lipinski definition) is 3. The van der Waals surface area contributed by atoms with Crippen LogP contribution >= 0.6 is 23.8 Å². The molecule has 1 aromatic heterocycles. The topological polar surface area (TPSA) is 131 Å². The summed E-state index contributed by atoms with van der Waals surface area (Å²) in [5, 5.41) is 13.7. The highest BCUT2D eigenvalue weighted by Gasteiger charge is 2.15. The summed E-state index contributed by atoms with van der Waals surface area (Å²) < 4.78 is 5.09. The van der Waals surface area contributed by atoms with Crippen LogP contribution in [-0.4, -0.2) is 32.5 Å². The SMILES string of the molecule is O=C(COc1cnccn1)NNC(=S)Nc1ccc(Cl)cc1[N+](=O)[O-]. The van der Waals surface area contributed by atoms with E-state index in [1.165, 1.54) is 36.8 Å². The highest BCUT2D eigenvalue weighted by atomic mass is 35.5. The van der Waals surface area contributed by atoms with Crippen LogP contribution in [0.1, 0.15) is 0 Å². The van der Waals surface area contributed by atoms with Gasteiger partial charge in [-0.05, 0) is 24.4 Å². The summed E-state index contributed by atoms with van der Waals surface area (Å²) >= 11 is 10.7. The lowest BCUT2D eigenvalue weighted by atomic mass is 10.2. The molecular formula is C13H11ClN6O4S. The van der Waals surface area contributed by atoms with Crippen molar-refractivity contribution in [2.75, 3.05) is 11.9 Å². The van der Waals surface area contributed by atoms with Gasteiger partial charge in [0.25, 0.3) is 11.6 Å². The van der Waals surface area contributed by atoms with Gasteiger partial charge in [-0.15, -0.1) is 0 Å². The molecule has 130 valence electrons. The first kappa shape index (κ1) is 18.3. The number of nitrogens with one attached hydrogen (secondary N) is 3. The molecular weight excluding hydrogens is 372 g/mol. The fourth-order valence-corrected chi connectivity index (χ4v) is 1.90. The number of thiocarbonyl (C=S) groups is 1. The fourth-order valence-electron chi connectivity index (χ4n) is 1.58. The third-order valence-electron chi connectivity index (χ3n) is 2.61. The lowest BCUT2D eigenvalue weighted by molar-refractivity contribution is -0.383. The number of rotatable bonds is 5. The Bertz CT molecular complexity index is 791. The van der Waals surface area contributed by atoms with E-state index in [0.717, 1.165) is 0 Å². The van der Waals surface area contributed by atoms with E-state index in [-0.39, 0.29) is 34.0 Å². The molecule has 0 aliphatic carbocycles. The van der Waals surface area contributed by atoms with Crippen molar-refractivity contribution in [1.29, 1.82) is 0 Å². The van der Waals surface area contributed by atoms with Gasteiger partial charge < -0.3 is 10.1 Å². The molecule has 2 rings (SSSR count). The maximum atomic E-state index is 11.6. The van der Waals surface area contributed by atoms with Crippen LogP contribution in [0.15, 0.2) is 36.8 Å². The first-order valence-corrected chi connectivity index (χ1v) is 7.43. The Morgan fingerprint density at radius 3 is 2.84 bits per heavy atom. The smallest absolute Gasteiger partial charge is 0.294 e. The summed E-state index contributed by atoms with van der Waals surface area (Å²) in [5.41, 5.74) is 4.53. The number of aromatic nitrogens is 2. The maximum absolute atomic E-state index is 11.6. The Hall–Kier alpha value is -3.05. The normalized spacial score (nSPS) is 9.80. The first-order chi connectivity index (χ1) is 12.0. The molecule has 1 amide bonds. The van der Waals surface area contributed by atoms with Crippen LogP contribution in [0.25, 0.3) is 0 Å². The number of nitro groups is 1. The van der Waals surface area contributed by atoms with Crippen LogP contribution in [0.5, 0.6) is 5.88 Å². The molecule has 12 heteroatoms. The number of anilines is 1. The number of amides is 1. The summed E-state index contributed by atoms with van der Waals surface area (Å²) in [6.45, 7) is -0.324. The molecule has 10 nitrogen and oxygen atoms in total. The predicted octanol–water partition coefficient (Wildman–Crippen LogP) is 1.43. The van der Waals surface area contributed by atoms with Gasteiger partial charge in [-0.2, -0.15) is 0 Å². The lowest BCUT2D eigenvalue weighted by Crippen LogP contribution is -2.45. The summed E-state index contributed by atoms with van der Waals surface area (Å²) in [5.74, 6) is -0.351. The summed E-state index contributed by atoms with van der Waals surface area (Å²) in [6.07, 6.45) is 4.24. The van der Waals surface area contributed by atoms with Crippen molar-refractivity contribution in [1.82, 2.24) is 20.8 Å². The Kier molecular flexibility index (Phi) is 6.37. The van der Waals surface area contributed by atoms with Gasteiger partial charge in [0.15, 0.2) is 11.7 Å². The van der Waals surface area contributed by atoms with E-state index in [2.05, 4.69) is 26.1 Å². The summed E-state index contributed by atoms with van der Waals surface area (Å²) in [7, 11) is 0. The number of benzene rings is 1. The van der Waals surface area contributed by atoms with E-state index in [4.69, 9.17) is 28.6 Å². The lowest BCUT2D eigenvalue weighted by Gasteiger charge is -2.12. The van der Waals surface area contributed by atoms with Gasteiger partial charge >= 0.3 is 0 Å². The van der Waals surface area contributed by atoms with E-state index in [1.807, 2.05) is 0 Å². The van der Waals surface area contributed by atoms with Crippen molar-refractivity contribution >= 4 is 46.2 Å². The van der Waals surface area contributed by atoms with E-state index in [0.29, 0.717) is 0 Å². The minimum Gasteiger partial charge on any atom is -0.466 e. The number of hydrogen-bond acceptors (Lipinski definition) is 7. The number of nitro benzene ring substituents is 1. The van der Waals surface area contributed by atoms with Crippen LogP contribution in [0, 0.1) is 10.1 Å². The molecule has 3 N–H and O–H groups in total. The average molecular weight is 383 g/mol. The number of carbonyl (C=O) groups is 1. The van der Waals surface area contributed by atoms with Crippen LogP contribution in [0.4, 0.5) is 11.4 Å². The Morgan fingerprint density at radius 2 is 2.16 bits per heavy atom. The minimum absolute atomic E-state index is 0.0572. The van der Waals surface area contributed by atoms with Crippen LogP contribution < -0.4 is 20.9 Å². The number of hydrazine groups is 1. The molecule has 0 fully saturated rings. The van der Waals surface area contributed by atoms with E-state index in [9.17, 15) is 14.9 Å². The van der Waals surface area contributed by atoms with Gasteiger partial charge in [0.05, 0.1) is 11.1 Å². The van der Waals surface area contributed by atoms with Crippen molar-refractivity contribution in [2.45, 2.75) is 0 Å². The molecule has 1 heterocycles. The zero-order valence-electron chi connectivity index (χ0n) is 12.4. The quantitative estimate of drug-likeness (QED) is 0.399. The largest absolute Gasteiger partial charge is 0.466 e. The molecule has 0 saturated carbocycles. The van der Waals surface area contributed by atoms with E-state index >= 15 is 0 Å². The molecule has 0 radical (unpaired) electrons. The third-order valence-corrected chi connectivity index (χ3v) is 3.05. The molecule has 0 aliphatic heterocycles. The number of ether oxygens (including phenoxy) is 1.